The molecule has 1 unspecified atom stereocenters. The van der Waals surface area contributed by atoms with Crippen LogP contribution in [0.1, 0.15) is 18.1 Å². The SMILES string of the molecule is COc1ccc(C(OCCCO)C(=O)O)cn1. The molecule has 6 nitrogen and oxygen atoms in total. The summed E-state index contributed by atoms with van der Waals surface area (Å²) in [5.74, 6) is -0.678. The van der Waals surface area contributed by atoms with Gasteiger partial charge in [-0.2, -0.15) is 0 Å². The van der Waals surface area contributed by atoms with E-state index in [4.69, 9.17) is 19.7 Å². The fraction of sp³-hybridized carbons (Fsp3) is 0.455. The highest BCUT2D eigenvalue weighted by Crippen LogP contribution is 2.19. The number of hydrogen-bond acceptors (Lipinski definition) is 5. The molecule has 1 aromatic heterocycles. The number of ether oxygens (including phenoxy) is 2. The molecule has 0 aliphatic heterocycles. The molecule has 1 heterocycles. The molecule has 0 radical (unpaired) electrons. The zero-order chi connectivity index (χ0) is 12.7. The van der Waals surface area contributed by atoms with E-state index in [1.165, 1.54) is 13.3 Å². The van der Waals surface area contributed by atoms with Crippen LogP contribution in [0.15, 0.2) is 18.3 Å². The van der Waals surface area contributed by atoms with Crippen LogP contribution < -0.4 is 4.74 Å². The number of carboxylic acid groups (broad SMARTS) is 1. The summed E-state index contributed by atoms with van der Waals surface area (Å²) in [6.45, 7) is 0.146. The van der Waals surface area contributed by atoms with Crippen LogP contribution in [0.25, 0.3) is 0 Å². The molecule has 0 aliphatic rings. The molecule has 17 heavy (non-hydrogen) atoms. The van der Waals surface area contributed by atoms with Crippen molar-refractivity contribution in [3.05, 3.63) is 23.9 Å². The molecule has 0 aromatic carbocycles. The summed E-state index contributed by atoms with van der Waals surface area (Å²) in [5, 5.41) is 17.6. The second-order valence-corrected chi connectivity index (χ2v) is 3.30. The van der Waals surface area contributed by atoms with E-state index >= 15 is 0 Å². The predicted molar refractivity (Wildman–Crippen MR) is 58.8 cm³/mol. The second-order valence-electron chi connectivity index (χ2n) is 3.30. The van der Waals surface area contributed by atoms with Crippen molar-refractivity contribution in [1.82, 2.24) is 4.98 Å². The number of hydrogen-bond donors (Lipinski definition) is 2. The van der Waals surface area contributed by atoms with Gasteiger partial charge in [0.2, 0.25) is 5.88 Å². The third-order valence-corrected chi connectivity index (χ3v) is 2.08. The molecule has 6 heteroatoms. The van der Waals surface area contributed by atoms with Crippen molar-refractivity contribution >= 4 is 5.97 Å². The summed E-state index contributed by atoms with van der Waals surface area (Å²) >= 11 is 0. The van der Waals surface area contributed by atoms with E-state index < -0.39 is 12.1 Å². The fourth-order valence-electron chi connectivity index (χ4n) is 1.24. The number of aliphatic carboxylic acids is 1. The number of carbonyl (C=O) groups is 1. The van der Waals surface area contributed by atoms with Gasteiger partial charge in [0, 0.05) is 24.4 Å². The van der Waals surface area contributed by atoms with Crippen LogP contribution >= 0.6 is 0 Å². The molecule has 1 aromatic rings. The lowest BCUT2D eigenvalue weighted by Crippen LogP contribution is -2.16. The van der Waals surface area contributed by atoms with Crippen LogP contribution in [-0.4, -0.2) is 41.5 Å². The standard InChI is InChI=1S/C11H15NO5/c1-16-9-4-3-8(7-12-9)10(11(14)15)17-6-2-5-13/h3-4,7,10,13H,2,5-6H2,1H3,(H,14,15). The summed E-state index contributed by atoms with van der Waals surface area (Å²) in [5.41, 5.74) is 0.441. The van der Waals surface area contributed by atoms with Crippen molar-refractivity contribution < 1.29 is 24.5 Å². The molecule has 1 atom stereocenters. The Kier molecular flexibility index (Phi) is 5.38. The zero-order valence-electron chi connectivity index (χ0n) is 9.50. The van der Waals surface area contributed by atoms with Gasteiger partial charge in [0.15, 0.2) is 6.10 Å². The number of pyridine rings is 1. The molecular formula is C11H15NO5. The molecule has 1 rings (SSSR count). The lowest BCUT2D eigenvalue weighted by atomic mass is 10.1. The number of methoxy groups -OCH3 is 1. The monoisotopic (exact) mass is 241 g/mol. The largest absolute Gasteiger partial charge is 0.481 e. The first kappa shape index (κ1) is 13.4. The van der Waals surface area contributed by atoms with Gasteiger partial charge in [0.1, 0.15) is 0 Å². The average Bonchev–Trinajstić information content (AvgIpc) is 2.34. The molecule has 0 saturated carbocycles. The highest BCUT2D eigenvalue weighted by Gasteiger charge is 2.20. The summed E-state index contributed by atoms with van der Waals surface area (Å²) in [6, 6.07) is 3.16. The minimum Gasteiger partial charge on any atom is -0.481 e. The Morgan fingerprint density at radius 2 is 2.29 bits per heavy atom. The Balaban J connectivity index is 2.71. The molecule has 94 valence electrons. The number of carboxylic acids is 1. The lowest BCUT2D eigenvalue weighted by Gasteiger charge is -2.13. The van der Waals surface area contributed by atoms with Crippen molar-refractivity contribution in [3.63, 3.8) is 0 Å². The van der Waals surface area contributed by atoms with Gasteiger partial charge in [0.25, 0.3) is 0 Å². The van der Waals surface area contributed by atoms with Gasteiger partial charge >= 0.3 is 5.97 Å². The Morgan fingerprint density at radius 3 is 2.76 bits per heavy atom. The minimum absolute atomic E-state index is 0.0345. The third kappa shape index (κ3) is 4.01. The van der Waals surface area contributed by atoms with Crippen LogP contribution in [0.5, 0.6) is 5.88 Å². The van der Waals surface area contributed by atoms with Crippen molar-refractivity contribution in [3.8, 4) is 5.88 Å². The Bertz CT molecular complexity index is 351. The van der Waals surface area contributed by atoms with E-state index in [-0.39, 0.29) is 13.2 Å². The topological polar surface area (TPSA) is 88.9 Å². The predicted octanol–water partition coefficient (Wildman–Crippen LogP) is 0.615. The smallest absolute Gasteiger partial charge is 0.337 e. The number of aromatic nitrogens is 1. The molecule has 0 spiro atoms. The highest BCUT2D eigenvalue weighted by atomic mass is 16.5. The van der Waals surface area contributed by atoms with Crippen LogP contribution in [0.3, 0.4) is 0 Å². The first-order valence-electron chi connectivity index (χ1n) is 5.14. The third-order valence-electron chi connectivity index (χ3n) is 2.08. The molecule has 0 amide bonds. The first-order valence-corrected chi connectivity index (χ1v) is 5.14. The van der Waals surface area contributed by atoms with Gasteiger partial charge in [0.05, 0.1) is 13.7 Å². The molecule has 0 bridgehead atoms. The van der Waals surface area contributed by atoms with Crippen LogP contribution in [0, 0.1) is 0 Å². The lowest BCUT2D eigenvalue weighted by molar-refractivity contribution is -0.151. The number of aliphatic hydroxyl groups is 1. The van der Waals surface area contributed by atoms with Gasteiger partial charge < -0.3 is 19.7 Å². The molecule has 0 saturated heterocycles. The molecule has 0 fully saturated rings. The summed E-state index contributed by atoms with van der Waals surface area (Å²) < 4.78 is 10.0. The number of rotatable bonds is 7. The summed E-state index contributed by atoms with van der Waals surface area (Å²) in [7, 11) is 1.48. The molecule has 2 N–H and O–H groups in total. The summed E-state index contributed by atoms with van der Waals surface area (Å²) in [6.07, 6.45) is 0.726. The van der Waals surface area contributed by atoms with E-state index in [0.29, 0.717) is 17.9 Å². The Labute approximate surface area is 98.8 Å². The van der Waals surface area contributed by atoms with Crippen molar-refractivity contribution in [2.75, 3.05) is 20.3 Å². The number of aliphatic hydroxyl groups excluding tert-OH is 1. The van der Waals surface area contributed by atoms with Crippen LogP contribution in [0.2, 0.25) is 0 Å². The van der Waals surface area contributed by atoms with Crippen LogP contribution in [-0.2, 0) is 9.53 Å². The maximum absolute atomic E-state index is 11.0. The van der Waals surface area contributed by atoms with Crippen molar-refractivity contribution in [1.29, 1.82) is 0 Å². The van der Waals surface area contributed by atoms with Gasteiger partial charge in [-0.1, -0.05) is 0 Å². The van der Waals surface area contributed by atoms with Gasteiger partial charge in [-0.15, -0.1) is 0 Å². The molecular weight excluding hydrogens is 226 g/mol. The zero-order valence-corrected chi connectivity index (χ0v) is 9.50. The van der Waals surface area contributed by atoms with Crippen molar-refractivity contribution in [2.24, 2.45) is 0 Å². The molecule has 0 aliphatic carbocycles. The normalized spacial score (nSPS) is 12.1. The van der Waals surface area contributed by atoms with Gasteiger partial charge in [-0.05, 0) is 12.5 Å². The van der Waals surface area contributed by atoms with Crippen LogP contribution in [0.4, 0.5) is 0 Å². The van der Waals surface area contributed by atoms with E-state index in [0.717, 1.165) is 0 Å². The minimum atomic E-state index is -1.09. The average molecular weight is 241 g/mol. The number of nitrogens with zero attached hydrogens (tertiary/aromatic N) is 1. The highest BCUT2D eigenvalue weighted by molar-refractivity contribution is 5.74. The second kappa shape index (κ2) is 6.82. The van der Waals surface area contributed by atoms with E-state index in [1.54, 1.807) is 12.1 Å². The summed E-state index contributed by atoms with van der Waals surface area (Å²) in [4.78, 5) is 14.9. The van der Waals surface area contributed by atoms with E-state index in [2.05, 4.69) is 4.98 Å². The maximum Gasteiger partial charge on any atom is 0.337 e. The van der Waals surface area contributed by atoms with E-state index in [9.17, 15) is 4.79 Å². The maximum atomic E-state index is 11.0. The van der Waals surface area contributed by atoms with Crippen molar-refractivity contribution in [2.45, 2.75) is 12.5 Å². The Hall–Kier alpha value is -1.66. The van der Waals surface area contributed by atoms with Gasteiger partial charge in [-0.3, -0.25) is 0 Å². The first-order chi connectivity index (χ1) is 8.19. The Morgan fingerprint density at radius 1 is 1.53 bits per heavy atom. The fourth-order valence-corrected chi connectivity index (χ4v) is 1.24. The van der Waals surface area contributed by atoms with E-state index in [1.807, 2.05) is 0 Å². The quantitative estimate of drug-likeness (QED) is 0.680. The van der Waals surface area contributed by atoms with Gasteiger partial charge in [-0.25, -0.2) is 9.78 Å².